The van der Waals surface area contributed by atoms with Gasteiger partial charge in [-0.15, -0.1) is 0 Å². The van der Waals surface area contributed by atoms with Gasteiger partial charge in [0.1, 0.15) is 36.5 Å². The van der Waals surface area contributed by atoms with Gasteiger partial charge in [-0.3, -0.25) is 14.6 Å². The van der Waals surface area contributed by atoms with Gasteiger partial charge in [-0.25, -0.2) is 0 Å². The van der Waals surface area contributed by atoms with Crippen LogP contribution in [0.1, 0.15) is 51.9 Å². The van der Waals surface area contributed by atoms with Gasteiger partial charge in [0, 0.05) is 75.6 Å². The number of aryl methyl sites for hydroxylation is 1. The van der Waals surface area contributed by atoms with Crippen molar-refractivity contribution >= 4 is 23.2 Å². The summed E-state index contributed by atoms with van der Waals surface area (Å²) in [7, 11) is 3.82. The molecule has 12 heteroatoms. The molecule has 0 radical (unpaired) electrons. The quantitative estimate of drug-likeness (QED) is 0.100. The monoisotopic (exact) mass is 768 g/mol. The lowest BCUT2D eigenvalue weighted by Gasteiger charge is -2.21. The van der Waals surface area contributed by atoms with Crippen molar-refractivity contribution < 1.29 is 19.3 Å². The molecular formula is C42H46Cl2N6O4. The summed E-state index contributed by atoms with van der Waals surface area (Å²) in [6.45, 7) is 8.97. The maximum atomic E-state index is 9.81. The number of hydrogen-bond donors (Lipinski definition) is 1. The molecule has 0 spiro atoms. The van der Waals surface area contributed by atoms with Crippen LogP contribution in [0.2, 0.25) is 10.0 Å². The van der Waals surface area contributed by atoms with Crippen LogP contribution in [0, 0.1) is 25.2 Å². The molecule has 0 aliphatic carbocycles. The van der Waals surface area contributed by atoms with Crippen LogP contribution < -0.4 is 14.2 Å². The van der Waals surface area contributed by atoms with E-state index in [0.29, 0.717) is 53.4 Å². The van der Waals surface area contributed by atoms with Gasteiger partial charge in [-0.2, -0.15) is 10.4 Å². The van der Waals surface area contributed by atoms with Crippen molar-refractivity contribution in [2.24, 2.45) is 7.05 Å². The van der Waals surface area contributed by atoms with Crippen LogP contribution in [-0.2, 0) is 33.4 Å². The second-order valence-electron chi connectivity index (χ2n) is 13.9. The van der Waals surface area contributed by atoms with E-state index in [0.717, 1.165) is 82.9 Å². The molecule has 0 saturated carbocycles. The highest BCUT2D eigenvalue weighted by Crippen LogP contribution is 2.37. The third kappa shape index (κ3) is 9.91. The third-order valence-corrected chi connectivity index (χ3v) is 10.3. The zero-order valence-electron chi connectivity index (χ0n) is 31.2. The van der Waals surface area contributed by atoms with E-state index in [9.17, 15) is 10.4 Å². The topological polar surface area (TPSA) is 109 Å². The first-order valence-corrected chi connectivity index (χ1v) is 18.8. The Morgan fingerprint density at radius 1 is 0.907 bits per heavy atom. The molecule has 1 fully saturated rings. The Hall–Kier alpha value is -4.63. The standard InChI is InChI=1S/C42H46Cl2N6O4/c1-28-32(8-5-9-35(28)36-10-6-11-40(29(36)2)52-15-7-13-50-14-12-34(51)23-50)27-54-42-18-41(53-26-31-16-30(19-45)20-46-21-31)33(17-37(42)43)22-48(3)25-39-38(44)24-49(4)47-39/h5-6,8-11,16-18,20-21,24,34,51H,7,12-15,22-23,25-27H2,1-4H3/t34-/m1/s1. The van der Waals surface area contributed by atoms with Crippen molar-refractivity contribution in [1.82, 2.24) is 24.6 Å². The van der Waals surface area contributed by atoms with Gasteiger partial charge in [0.2, 0.25) is 0 Å². The number of aliphatic hydroxyl groups is 1. The Labute approximate surface area is 327 Å². The molecule has 1 atom stereocenters. The molecule has 2 aromatic heterocycles. The Kier molecular flexibility index (Phi) is 13.1. The van der Waals surface area contributed by atoms with Crippen LogP contribution >= 0.6 is 23.2 Å². The average Bonchev–Trinajstić information content (AvgIpc) is 3.72. The lowest BCUT2D eigenvalue weighted by molar-refractivity contribution is 0.173. The Bertz CT molecular complexity index is 2120. The molecule has 3 aromatic carbocycles. The molecule has 10 nitrogen and oxygen atoms in total. The zero-order chi connectivity index (χ0) is 38.2. The first kappa shape index (κ1) is 39.1. The number of aromatic nitrogens is 3. The largest absolute Gasteiger partial charge is 0.493 e. The maximum Gasteiger partial charge on any atom is 0.142 e. The number of likely N-dealkylation sites (tertiary alicyclic amines) is 1. The highest BCUT2D eigenvalue weighted by atomic mass is 35.5. The van der Waals surface area contributed by atoms with Gasteiger partial charge in [-0.1, -0.05) is 53.5 Å². The number of β-amino-alcohol motifs (C(OH)–C–C–N with tert-alkyl or cyclic N) is 1. The molecular weight excluding hydrogens is 723 g/mol. The number of rotatable bonds is 16. The van der Waals surface area contributed by atoms with Crippen molar-refractivity contribution in [2.75, 3.05) is 33.3 Å². The van der Waals surface area contributed by atoms with E-state index in [1.165, 1.54) is 6.20 Å². The molecule has 0 amide bonds. The van der Waals surface area contributed by atoms with Gasteiger partial charge in [0.15, 0.2) is 0 Å². The summed E-state index contributed by atoms with van der Waals surface area (Å²) >= 11 is 13.3. The second kappa shape index (κ2) is 18.1. The van der Waals surface area contributed by atoms with Gasteiger partial charge in [0.25, 0.3) is 0 Å². The maximum absolute atomic E-state index is 9.81. The summed E-state index contributed by atoms with van der Waals surface area (Å²) in [4.78, 5) is 8.55. The minimum absolute atomic E-state index is 0.205. The summed E-state index contributed by atoms with van der Waals surface area (Å²) in [5.41, 5.74) is 8.31. The van der Waals surface area contributed by atoms with Crippen molar-refractivity contribution in [3.05, 3.63) is 122 Å². The number of nitriles is 1. The highest BCUT2D eigenvalue weighted by molar-refractivity contribution is 6.32. The van der Waals surface area contributed by atoms with E-state index in [1.54, 1.807) is 23.1 Å². The summed E-state index contributed by atoms with van der Waals surface area (Å²) in [6, 6.07) is 20.0. The average molecular weight is 770 g/mol. The number of benzene rings is 3. The molecule has 54 heavy (non-hydrogen) atoms. The van der Waals surface area contributed by atoms with E-state index < -0.39 is 0 Å². The van der Waals surface area contributed by atoms with Crippen molar-refractivity contribution in [1.29, 1.82) is 5.26 Å². The van der Waals surface area contributed by atoms with Gasteiger partial charge in [-0.05, 0) is 79.8 Å². The number of nitrogens with zero attached hydrogens (tertiary/aromatic N) is 6. The Morgan fingerprint density at radius 3 is 2.43 bits per heavy atom. The van der Waals surface area contributed by atoms with Gasteiger partial charge in [0.05, 0.1) is 34.0 Å². The molecule has 1 N–H and O–H groups in total. The van der Waals surface area contributed by atoms with E-state index in [-0.39, 0.29) is 12.7 Å². The van der Waals surface area contributed by atoms with Gasteiger partial charge < -0.3 is 24.2 Å². The van der Waals surface area contributed by atoms with E-state index in [1.807, 2.05) is 44.4 Å². The Balaban J connectivity index is 1.17. The molecule has 1 saturated heterocycles. The fourth-order valence-corrected chi connectivity index (χ4v) is 7.26. The molecule has 3 heterocycles. The van der Waals surface area contributed by atoms with Gasteiger partial charge >= 0.3 is 0 Å². The fraction of sp³-hybridized carbons (Fsp3) is 0.357. The van der Waals surface area contributed by atoms with Crippen LogP contribution in [0.4, 0.5) is 0 Å². The lowest BCUT2D eigenvalue weighted by Crippen LogP contribution is -2.24. The summed E-state index contributed by atoms with van der Waals surface area (Å²) in [5.74, 6) is 1.97. The third-order valence-electron chi connectivity index (χ3n) is 9.67. The molecule has 5 aromatic rings. The van der Waals surface area contributed by atoms with Crippen molar-refractivity contribution in [3.8, 4) is 34.4 Å². The first-order valence-electron chi connectivity index (χ1n) is 18.1. The van der Waals surface area contributed by atoms with Crippen LogP contribution in [0.3, 0.4) is 0 Å². The van der Waals surface area contributed by atoms with Crippen LogP contribution in [0.5, 0.6) is 17.2 Å². The van der Waals surface area contributed by atoms with Crippen molar-refractivity contribution in [2.45, 2.75) is 59.1 Å². The molecule has 282 valence electrons. The van der Waals surface area contributed by atoms with Crippen LogP contribution in [0.15, 0.2) is 73.2 Å². The number of aliphatic hydroxyl groups excluding tert-OH is 1. The molecule has 0 unspecified atom stereocenters. The normalized spacial score (nSPS) is 14.4. The number of hydrogen-bond acceptors (Lipinski definition) is 9. The zero-order valence-corrected chi connectivity index (χ0v) is 32.7. The second-order valence-corrected chi connectivity index (χ2v) is 14.7. The molecule has 1 aliphatic rings. The lowest BCUT2D eigenvalue weighted by atomic mass is 9.93. The summed E-state index contributed by atoms with van der Waals surface area (Å²) < 4.78 is 20.7. The minimum Gasteiger partial charge on any atom is -0.493 e. The van der Waals surface area contributed by atoms with E-state index in [4.69, 9.17) is 37.4 Å². The smallest absolute Gasteiger partial charge is 0.142 e. The molecule has 6 rings (SSSR count). The van der Waals surface area contributed by atoms with Crippen LogP contribution in [-0.4, -0.2) is 69.1 Å². The predicted molar refractivity (Wildman–Crippen MR) is 211 cm³/mol. The number of pyridine rings is 1. The van der Waals surface area contributed by atoms with E-state index >= 15 is 0 Å². The first-order chi connectivity index (χ1) is 26.1. The predicted octanol–water partition coefficient (Wildman–Crippen LogP) is 7.90. The number of halogens is 2. The summed E-state index contributed by atoms with van der Waals surface area (Å²) in [5, 5.41) is 24.7. The van der Waals surface area contributed by atoms with Crippen molar-refractivity contribution in [3.63, 3.8) is 0 Å². The minimum atomic E-state index is -0.205. The fourth-order valence-electron chi connectivity index (χ4n) is 6.78. The van der Waals surface area contributed by atoms with Crippen LogP contribution in [0.25, 0.3) is 11.1 Å². The Morgan fingerprint density at radius 2 is 1.69 bits per heavy atom. The van der Waals surface area contributed by atoms with E-state index in [2.05, 4.69) is 58.0 Å². The number of ether oxygens (including phenoxy) is 3. The summed E-state index contributed by atoms with van der Waals surface area (Å²) in [6.07, 6.45) is 6.53. The molecule has 0 bridgehead atoms. The highest BCUT2D eigenvalue weighted by Gasteiger charge is 2.20. The molecule has 1 aliphatic heterocycles. The SMILES string of the molecule is Cc1c(COc2cc(OCc3cncc(C#N)c3)c(CN(C)Cc3nn(C)cc3Cl)cc2Cl)cccc1-c1cccc(OCCCN2CC[C@@H](O)C2)c1C.